The molecule has 0 bridgehead atoms. The summed E-state index contributed by atoms with van der Waals surface area (Å²) in [5.74, 6) is 0.152. The predicted molar refractivity (Wildman–Crippen MR) is 76.8 cm³/mol. The van der Waals surface area contributed by atoms with Crippen molar-refractivity contribution >= 4 is 11.9 Å². The maximum atomic E-state index is 11.8. The van der Waals surface area contributed by atoms with Crippen molar-refractivity contribution in [3.63, 3.8) is 0 Å². The molecule has 20 heavy (non-hydrogen) atoms. The van der Waals surface area contributed by atoms with E-state index in [-0.39, 0.29) is 6.04 Å². The minimum Gasteiger partial charge on any atom is -0.351 e. The van der Waals surface area contributed by atoms with Gasteiger partial charge in [-0.05, 0) is 31.2 Å². The zero-order valence-electron chi connectivity index (χ0n) is 11.6. The number of imide groups is 1. The van der Waals surface area contributed by atoms with Crippen LogP contribution in [0, 0.1) is 5.92 Å². The summed E-state index contributed by atoms with van der Waals surface area (Å²) in [6.45, 7) is 1.74. The van der Waals surface area contributed by atoms with Crippen LogP contribution in [-0.4, -0.2) is 18.0 Å². The highest BCUT2D eigenvalue weighted by Gasteiger charge is 2.30. The highest BCUT2D eigenvalue weighted by Crippen LogP contribution is 2.37. The summed E-state index contributed by atoms with van der Waals surface area (Å²) in [6, 6.07) is 8.96. The summed E-state index contributed by atoms with van der Waals surface area (Å²) < 4.78 is 0. The number of hydrogen-bond donors (Lipinski definition) is 3. The van der Waals surface area contributed by atoms with E-state index in [0.717, 1.165) is 12.8 Å². The molecule has 2 rings (SSSR count). The molecule has 4 N–H and O–H groups in total. The number of carbonyl (C=O) groups excluding carboxylic acids is 2. The fourth-order valence-electron chi connectivity index (χ4n) is 2.51. The Labute approximate surface area is 118 Å². The molecule has 0 saturated heterocycles. The molecule has 108 valence electrons. The summed E-state index contributed by atoms with van der Waals surface area (Å²) in [5, 5.41) is 5.43. The molecule has 1 aliphatic rings. The molecule has 1 aromatic carbocycles. The first-order chi connectivity index (χ1) is 9.58. The van der Waals surface area contributed by atoms with Gasteiger partial charge in [0.05, 0.1) is 6.04 Å². The van der Waals surface area contributed by atoms with E-state index in [1.54, 1.807) is 6.92 Å². The second kappa shape index (κ2) is 6.52. The lowest BCUT2D eigenvalue weighted by atomic mass is 9.77. The van der Waals surface area contributed by atoms with Crippen molar-refractivity contribution in [2.24, 2.45) is 11.7 Å². The van der Waals surface area contributed by atoms with Crippen molar-refractivity contribution in [1.82, 2.24) is 10.6 Å². The standard InChI is InChI=1S/C15H21N3O2/c1-10(14(19)18-15(16)20)17-13(12-8-5-9-12)11-6-3-2-4-7-11/h2-4,6-7,10,12-13,17H,5,8-9H2,1H3,(H3,16,18,19,20). The van der Waals surface area contributed by atoms with E-state index in [1.165, 1.54) is 12.0 Å². The fraction of sp³-hybridized carbons (Fsp3) is 0.467. The van der Waals surface area contributed by atoms with Gasteiger partial charge in [0.1, 0.15) is 0 Å². The topological polar surface area (TPSA) is 84.2 Å². The Hall–Kier alpha value is -1.88. The van der Waals surface area contributed by atoms with Gasteiger partial charge in [0, 0.05) is 6.04 Å². The van der Waals surface area contributed by atoms with Gasteiger partial charge in [0.15, 0.2) is 0 Å². The first kappa shape index (κ1) is 14.5. The third-order valence-corrected chi connectivity index (χ3v) is 3.85. The number of urea groups is 1. The van der Waals surface area contributed by atoms with Crippen LogP contribution in [0.4, 0.5) is 4.79 Å². The molecule has 0 aliphatic heterocycles. The molecule has 0 aromatic heterocycles. The summed E-state index contributed by atoms with van der Waals surface area (Å²) in [5.41, 5.74) is 6.15. The Kier molecular flexibility index (Phi) is 4.74. The first-order valence-corrected chi connectivity index (χ1v) is 6.99. The summed E-state index contributed by atoms with van der Waals surface area (Å²) >= 11 is 0. The summed E-state index contributed by atoms with van der Waals surface area (Å²) in [6.07, 6.45) is 3.56. The maximum absolute atomic E-state index is 11.8. The SMILES string of the molecule is CC(NC(c1ccccc1)C1CCC1)C(=O)NC(N)=O. The van der Waals surface area contributed by atoms with Crippen LogP contribution < -0.4 is 16.4 Å². The lowest BCUT2D eigenvalue weighted by Gasteiger charge is -2.36. The second-order valence-electron chi connectivity index (χ2n) is 5.32. The lowest BCUT2D eigenvalue weighted by Crippen LogP contribution is -2.49. The molecule has 1 saturated carbocycles. The number of rotatable bonds is 5. The molecule has 5 nitrogen and oxygen atoms in total. The molecule has 1 aromatic rings. The monoisotopic (exact) mass is 275 g/mol. The van der Waals surface area contributed by atoms with Gasteiger partial charge in [-0.3, -0.25) is 15.4 Å². The molecule has 2 unspecified atom stereocenters. The third-order valence-electron chi connectivity index (χ3n) is 3.85. The van der Waals surface area contributed by atoms with Crippen LogP contribution in [0.3, 0.4) is 0 Å². The van der Waals surface area contributed by atoms with Crippen LogP contribution in [0.1, 0.15) is 37.8 Å². The van der Waals surface area contributed by atoms with E-state index in [2.05, 4.69) is 22.8 Å². The predicted octanol–water partition coefficient (Wildman–Crippen LogP) is 1.70. The number of primary amides is 1. The molecule has 3 amide bonds. The molecular formula is C15H21N3O2. The lowest BCUT2D eigenvalue weighted by molar-refractivity contribution is -0.122. The van der Waals surface area contributed by atoms with Crippen LogP contribution in [0.25, 0.3) is 0 Å². The number of carbonyl (C=O) groups is 2. The highest BCUT2D eigenvalue weighted by molar-refractivity contribution is 5.96. The van der Waals surface area contributed by atoms with Crippen LogP contribution in [0.5, 0.6) is 0 Å². The van der Waals surface area contributed by atoms with Crippen LogP contribution in [0.15, 0.2) is 30.3 Å². The minimum absolute atomic E-state index is 0.138. The van der Waals surface area contributed by atoms with E-state index in [1.807, 2.05) is 18.2 Å². The average molecular weight is 275 g/mol. The van der Waals surface area contributed by atoms with Gasteiger partial charge in [0.2, 0.25) is 5.91 Å². The molecule has 1 aliphatic carbocycles. The van der Waals surface area contributed by atoms with Gasteiger partial charge >= 0.3 is 6.03 Å². The second-order valence-corrected chi connectivity index (χ2v) is 5.32. The van der Waals surface area contributed by atoms with Crippen molar-refractivity contribution < 1.29 is 9.59 Å². The smallest absolute Gasteiger partial charge is 0.318 e. The average Bonchev–Trinajstić information content (AvgIpc) is 2.36. The zero-order chi connectivity index (χ0) is 14.5. The van der Waals surface area contributed by atoms with E-state index < -0.39 is 18.0 Å². The molecule has 0 spiro atoms. The number of nitrogens with one attached hydrogen (secondary N) is 2. The van der Waals surface area contributed by atoms with Gasteiger partial charge in [-0.1, -0.05) is 36.8 Å². The van der Waals surface area contributed by atoms with Gasteiger partial charge in [-0.25, -0.2) is 4.79 Å². The van der Waals surface area contributed by atoms with E-state index in [9.17, 15) is 9.59 Å². The minimum atomic E-state index is -0.816. The third kappa shape index (κ3) is 3.57. The van der Waals surface area contributed by atoms with Crippen LogP contribution >= 0.6 is 0 Å². The van der Waals surface area contributed by atoms with E-state index in [4.69, 9.17) is 5.73 Å². The van der Waals surface area contributed by atoms with Gasteiger partial charge in [-0.2, -0.15) is 0 Å². The molecule has 5 heteroatoms. The normalized spacial score (nSPS) is 17.9. The number of hydrogen-bond acceptors (Lipinski definition) is 3. The van der Waals surface area contributed by atoms with Crippen molar-refractivity contribution in [3.8, 4) is 0 Å². The Morgan fingerprint density at radius 1 is 1.25 bits per heavy atom. The fourth-order valence-corrected chi connectivity index (χ4v) is 2.51. The molecule has 0 radical (unpaired) electrons. The molecule has 1 fully saturated rings. The first-order valence-electron chi connectivity index (χ1n) is 6.99. The van der Waals surface area contributed by atoms with Gasteiger partial charge in [0.25, 0.3) is 0 Å². The highest BCUT2D eigenvalue weighted by atomic mass is 16.2. The Balaban J connectivity index is 2.04. The van der Waals surface area contributed by atoms with Crippen LogP contribution in [-0.2, 0) is 4.79 Å². The number of nitrogens with two attached hydrogens (primary N) is 1. The molecule has 2 atom stereocenters. The van der Waals surface area contributed by atoms with Gasteiger partial charge < -0.3 is 5.73 Å². The van der Waals surface area contributed by atoms with Crippen molar-refractivity contribution in [3.05, 3.63) is 35.9 Å². The number of benzene rings is 1. The van der Waals surface area contributed by atoms with Crippen molar-refractivity contribution in [1.29, 1.82) is 0 Å². The Bertz CT molecular complexity index is 471. The zero-order valence-corrected chi connectivity index (χ0v) is 11.6. The van der Waals surface area contributed by atoms with E-state index >= 15 is 0 Å². The molecule has 0 heterocycles. The van der Waals surface area contributed by atoms with Crippen molar-refractivity contribution in [2.75, 3.05) is 0 Å². The Morgan fingerprint density at radius 2 is 1.90 bits per heavy atom. The maximum Gasteiger partial charge on any atom is 0.318 e. The Morgan fingerprint density at radius 3 is 2.40 bits per heavy atom. The quantitative estimate of drug-likeness (QED) is 0.764. The van der Waals surface area contributed by atoms with Crippen molar-refractivity contribution in [2.45, 2.75) is 38.3 Å². The van der Waals surface area contributed by atoms with E-state index in [0.29, 0.717) is 5.92 Å². The van der Waals surface area contributed by atoms with Crippen LogP contribution in [0.2, 0.25) is 0 Å². The summed E-state index contributed by atoms with van der Waals surface area (Å²) in [4.78, 5) is 22.5. The number of amides is 3. The van der Waals surface area contributed by atoms with Gasteiger partial charge in [-0.15, -0.1) is 0 Å². The summed E-state index contributed by atoms with van der Waals surface area (Å²) in [7, 11) is 0. The molecular weight excluding hydrogens is 254 g/mol. The largest absolute Gasteiger partial charge is 0.351 e.